The highest BCUT2D eigenvalue weighted by molar-refractivity contribution is 5.94. The summed E-state index contributed by atoms with van der Waals surface area (Å²) in [6.07, 6.45) is 0.395. The molecule has 2 aromatic carbocycles. The van der Waals surface area contributed by atoms with Gasteiger partial charge in [0.15, 0.2) is 0 Å². The van der Waals surface area contributed by atoms with Crippen LogP contribution in [0, 0.1) is 27.7 Å². The third-order valence-electron chi connectivity index (χ3n) is 5.62. The van der Waals surface area contributed by atoms with Gasteiger partial charge in [0.1, 0.15) is 0 Å². The summed E-state index contributed by atoms with van der Waals surface area (Å²) in [5, 5.41) is 3.14. The Morgan fingerprint density at radius 1 is 1.04 bits per heavy atom. The fourth-order valence-electron chi connectivity index (χ4n) is 3.74. The molecule has 1 aliphatic heterocycles. The van der Waals surface area contributed by atoms with Crippen molar-refractivity contribution in [1.82, 2.24) is 4.90 Å². The maximum absolute atomic E-state index is 12.7. The number of benzene rings is 2. The summed E-state index contributed by atoms with van der Waals surface area (Å²) in [5.74, 6) is 0.0284. The fraction of sp³-hybridized carbons (Fsp3) is 0.375. The van der Waals surface area contributed by atoms with Crippen molar-refractivity contribution in [2.45, 2.75) is 34.1 Å². The van der Waals surface area contributed by atoms with Crippen LogP contribution in [0.5, 0.6) is 0 Å². The van der Waals surface area contributed by atoms with E-state index in [2.05, 4.69) is 86.8 Å². The Kier molecular flexibility index (Phi) is 5.78. The average Bonchev–Trinajstić information content (AvgIpc) is 2.63. The number of hydrogen-bond donors (Lipinski definition) is 1. The van der Waals surface area contributed by atoms with Crippen molar-refractivity contribution in [3.05, 3.63) is 70.4 Å². The molecule has 1 N–H and O–H groups in total. The molecule has 0 radical (unpaired) electrons. The molecule has 1 fully saturated rings. The van der Waals surface area contributed by atoms with Crippen LogP contribution in [0.15, 0.2) is 42.6 Å². The van der Waals surface area contributed by atoms with Crippen molar-refractivity contribution < 1.29 is 4.79 Å². The van der Waals surface area contributed by atoms with Gasteiger partial charge in [0.05, 0.1) is 13.0 Å². The summed E-state index contributed by atoms with van der Waals surface area (Å²) < 4.78 is 0. The summed E-state index contributed by atoms with van der Waals surface area (Å²) in [7, 11) is 2.09. The molecular formula is C24H31N3O. The van der Waals surface area contributed by atoms with Gasteiger partial charge in [0, 0.05) is 37.2 Å². The lowest BCUT2D eigenvalue weighted by atomic mass is 10.0. The highest BCUT2D eigenvalue weighted by Crippen LogP contribution is 2.29. The Bertz CT molecular complexity index is 893. The zero-order chi connectivity index (χ0) is 20.4. The number of nitrogens with one attached hydrogen (secondary N) is 1. The van der Waals surface area contributed by atoms with Gasteiger partial charge < -0.3 is 15.1 Å². The first-order valence-electron chi connectivity index (χ1n) is 9.85. The van der Waals surface area contributed by atoms with Gasteiger partial charge in [-0.25, -0.2) is 0 Å². The minimum Gasteiger partial charge on any atom is -0.375 e. The third-order valence-corrected chi connectivity index (χ3v) is 5.62. The van der Waals surface area contributed by atoms with E-state index in [1.165, 1.54) is 11.3 Å². The van der Waals surface area contributed by atoms with E-state index in [0.717, 1.165) is 53.3 Å². The summed E-state index contributed by atoms with van der Waals surface area (Å²) in [5.41, 5.74) is 8.85. The van der Waals surface area contributed by atoms with Crippen LogP contribution in [0.3, 0.4) is 0 Å². The van der Waals surface area contributed by atoms with Gasteiger partial charge in [-0.05, 0) is 62.1 Å². The SMILES string of the molecule is C=C1CN(c2cc(C)c(NC(=O)Cc3cc(C)ccc3C)c(C)c2)CCN1C. The molecule has 0 atom stereocenters. The van der Waals surface area contributed by atoms with Crippen LogP contribution in [-0.4, -0.2) is 37.5 Å². The van der Waals surface area contributed by atoms with Crippen molar-refractivity contribution in [3.63, 3.8) is 0 Å². The number of rotatable bonds is 4. The number of carbonyl (C=O) groups is 1. The molecule has 0 aliphatic carbocycles. The first-order chi connectivity index (χ1) is 13.2. The third kappa shape index (κ3) is 4.38. The van der Waals surface area contributed by atoms with E-state index in [1.54, 1.807) is 0 Å². The Hall–Kier alpha value is -2.75. The quantitative estimate of drug-likeness (QED) is 0.859. The first-order valence-corrected chi connectivity index (χ1v) is 9.85. The molecule has 1 heterocycles. The van der Waals surface area contributed by atoms with Crippen LogP contribution >= 0.6 is 0 Å². The molecule has 148 valence electrons. The maximum Gasteiger partial charge on any atom is 0.228 e. The van der Waals surface area contributed by atoms with Crippen molar-refractivity contribution in [1.29, 1.82) is 0 Å². The molecule has 4 heteroatoms. The van der Waals surface area contributed by atoms with E-state index in [4.69, 9.17) is 0 Å². The normalized spacial score (nSPS) is 14.4. The van der Waals surface area contributed by atoms with Crippen LogP contribution in [0.1, 0.15) is 27.8 Å². The van der Waals surface area contributed by atoms with E-state index < -0.39 is 0 Å². The van der Waals surface area contributed by atoms with Crippen molar-refractivity contribution in [2.24, 2.45) is 0 Å². The monoisotopic (exact) mass is 377 g/mol. The highest BCUT2D eigenvalue weighted by Gasteiger charge is 2.19. The number of hydrogen-bond acceptors (Lipinski definition) is 3. The number of nitrogens with zero attached hydrogens (tertiary/aromatic N) is 2. The molecule has 3 rings (SSSR count). The molecule has 0 saturated carbocycles. The van der Waals surface area contributed by atoms with Crippen molar-refractivity contribution in [2.75, 3.05) is 36.9 Å². The largest absolute Gasteiger partial charge is 0.375 e. The Labute approximate surface area is 168 Å². The number of anilines is 2. The molecular weight excluding hydrogens is 346 g/mol. The van der Waals surface area contributed by atoms with Crippen LogP contribution in [0.2, 0.25) is 0 Å². The van der Waals surface area contributed by atoms with Gasteiger partial charge in [0.25, 0.3) is 0 Å². The number of likely N-dealkylation sites (N-methyl/N-ethyl adjacent to an activating group) is 1. The van der Waals surface area contributed by atoms with Gasteiger partial charge in [-0.1, -0.05) is 30.3 Å². The predicted octanol–water partition coefficient (Wildman–Crippen LogP) is 4.37. The highest BCUT2D eigenvalue weighted by atomic mass is 16.1. The zero-order valence-corrected chi connectivity index (χ0v) is 17.7. The number of aryl methyl sites for hydroxylation is 4. The molecule has 28 heavy (non-hydrogen) atoms. The van der Waals surface area contributed by atoms with Gasteiger partial charge >= 0.3 is 0 Å². The van der Waals surface area contributed by atoms with Crippen LogP contribution in [0.4, 0.5) is 11.4 Å². The molecule has 1 amide bonds. The minimum absolute atomic E-state index is 0.0284. The lowest BCUT2D eigenvalue weighted by molar-refractivity contribution is -0.115. The molecule has 0 aromatic heterocycles. The summed E-state index contributed by atoms with van der Waals surface area (Å²) in [6, 6.07) is 10.6. The first kappa shape index (κ1) is 20.0. The molecule has 1 saturated heterocycles. The van der Waals surface area contributed by atoms with Gasteiger partial charge in [-0.3, -0.25) is 4.79 Å². The van der Waals surface area contributed by atoms with E-state index in [9.17, 15) is 4.79 Å². The summed E-state index contributed by atoms with van der Waals surface area (Å²) in [6.45, 7) is 15.2. The van der Waals surface area contributed by atoms with Crippen LogP contribution in [-0.2, 0) is 11.2 Å². The molecule has 2 aromatic rings. The maximum atomic E-state index is 12.7. The lowest BCUT2D eigenvalue weighted by Crippen LogP contribution is -2.42. The summed E-state index contributed by atoms with van der Waals surface area (Å²) >= 11 is 0. The second kappa shape index (κ2) is 8.09. The van der Waals surface area contributed by atoms with Gasteiger partial charge in [-0.15, -0.1) is 0 Å². The van der Waals surface area contributed by atoms with E-state index >= 15 is 0 Å². The van der Waals surface area contributed by atoms with E-state index in [-0.39, 0.29) is 5.91 Å². The molecule has 0 unspecified atom stereocenters. The standard InChI is InChI=1S/C24H31N3O/c1-16-7-8-17(2)21(11-16)14-23(28)25-24-18(3)12-22(13-19(24)4)27-10-9-26(6)20(5)15-27/h7-8,11-13H,5,9-10,14-15H2,1-4,6H3,(H,25,28). The van der Waals surface area contributed by atoms with E-state index in [1.807, 2.05) is 0 Å². The van der Waals surface area contributed by atoms with Crippen molar-refractivity contribution >= 4 is 17.3 Å². The average molecular weight is 378 g/mol. The number of piperazine rings is 1. The van der Waals surface area contributed by atoms with Crippen LogP contribution in [0.25, 0.3) is 0 Å². The zero-order valence-electron chi connectivity index (χ0n) is 17.7. The predicted molar refractivity (Wildman–Crippen MR) is 118 cm³/mol. The number of carbonyl (C=O) groups excluding carboxylic acids is 1. The second-order valence-corrected chi connectivity index (χ2v) is 8.02. The lowest BCUT2D eigenvalue weighted by Gasteiger charge is -2.37. The minimum atomic E-state index is 0.0284. The van der Waals surface area contributed by atoms with Crippen molar-refractivity contribution in [3.8, 4) is 0 Å². The van der Waals surface area contributed by atoms with E-state index in [0.29, 0.717) is 6.42 Å². The Balaban J connectivity index is 1.75. The molecule has 1 aliphatic rings. The molecule has 4 nitrogen and oxygen atoms in total. The van der Waals surface area contributed by atoms with Crippen LogP contribution < -0.4 is 10.2 Å². The Morgan fingerprint density at radius 3 is 2.36 bits per heavy atom. The number of amides is 1. The second-order valence-electron chi connectivity index (χ2n) is 8.02. The van der Waals surface area contributed by atoms with Gasteiger partial charge in [0.2, 0.25) is 5.91 Å². The summed E-state index contributed by atoms with van der Waals surface area (Å²) in [4.78, 5) is 17.2. The van der Waals surface area contributed by atoms with Gasteiger partial charge in [-0.2, -0.15) is 0 Å². The fourth-order valence-corrected chi connectivity index (χ4v) is 3.74. The molecule has 0 spiro atoms. The topological polar surface area (TPSA) is 35.6 Å². The Morgan fingerprint density at radius 2 is 1.71 bits per heavy atom. The molecule has 0 bridgehead atoms. The smallest absolute Gasteiger partial charge is 0.228 e.